The number of halogens is 1. The molecule has 3 aromatic carbocycles. The average Bonchev–Trinajstić information content (AvgIpc) is 3.35. The van der Waals surface area contributed by atoms with Crippen LogP contribution in [0.25, 0.3) is 11.1 Å². The quantitative estimate of drug-likeness (QED) is 0.335. The number of benzene rings is 3. The van der Waals surface area contributed by atoms with Gasteiger partial charge in [0.1, 0.15) is 40.6 Å². The summed E-state index contributed by atoms with van der Waals surface area (Å²) in [6.07, 6.45) is 1.60. The minimum absolute atomic E-state index is 0.00811. The Bertz CT molecular complexity index is 1570. The number of aromatic hydroxyl groups is 2. The monoisotopic (exact) mass is 583 g/mol. The molecule has 0 amide bonds. The van der Waals surface area contributed by atoms with E-state index in [1.54, 1.807) is 19.1 Å². The number of ether oxygens (including phenoxy) is 2. The Hall–Kier alpha value is -3.20. The third-order valence-electron chi connectivity index (χ3n) is 7.75. The van der Waals surface area contributed by atoms with E-state index in [0.717, 1.165) is 30.7 Å². The number of phenolic OH excluding ortho intramolecular Hbond substituents is 2. The molecule has 0 aliphatic carbocycles. The van der Waals surface area contributed by atoms with E-state index < -0.39 is 15.9 Å². The van der Waals surface area contributed by atoms with E-state index in [9.17, 15) is 18.6 Å². The number of hydrogen-bond acceptors (Lipinski definition) is 7. The summed E-state index contributed by atoms with van der Waals surface area (Å²) >= 11 is 6.60. The lowest BCUT2D eigenvalue weighted by atomic mass is 9.86. The van der Waals surface area contributed by atoms with Gasteiger partial charge in [0.25, 0.3) is 0 Å². The van der Waals surface area contributed by atoms with E-state index in [1.807, 2.05) is 24.3 Å². The van der Waals surface area contributed by atoms with Crippen molar-refractivity contribution in [2.24, 2.45) is 5.92 Å². The van der Waals surface area contributed by atoms with Crippen molar-refractivity contribution in [3.63, 3.8) is 0 Å². The Morgan fingerprint density at radius 3 is 2.50 bits per heavy atom. The summed E-state index contributed by atoms with van der Waals surface area (Å²) < 4.78 is 38.0. The number of rotatable bonds is 7. The van der Waals surface area contributed by atoms with Crippen LogP contribution in [0, 0.1) is 5.92 Å². The van der Waals surface area contributed by atoms with Crippen LogP contribution in [0.2, 0.25) is 5.02 Å². The van der Waals surface area contributed by atoms with E-state index in [4.69, 9.17) is 21.1 Å². The fourth-order valence-electron chi connectivity index (χ4n) is 5.63. The van der Waals surface area contributed by atoms with E-state index in [-0.39, 0.29) is 22.0 Å². The van der Waals surface area contributed by atoms with Gasteiger partial charge < -0.3 is 19.7 Å². The van der Waals surface area contributed by atoms with Crippen LogP contribution in [0.4, 0.5) is 0 Å². The summed E-state index contributed by atoms with van der Waals surface area (Å²) in [6.45, 7) is 9.00. The van der Waals surface area contributed by atoms with Crippen molar-refractivity contribution >= 4 is 32.6 Å². The van der Waals surface area contributed by atoms with Crippen molar-refractivity contribution in [3.05, 3.63) is 76.3 Å². The van der Waals surface area contributed by atoms with Gasteiger partial charge in [0.15, 0.2) is 9.84 Å². The topological polar surface area (TPSA) is 96.3 Å². The predicted octanol–water partition coefficient (Wildman–Crippen LogP) is 6.33. The molecule has 2 N–H and O–H groups in total. The lowest BCUT2D eigenvalue weighted by Crippen LogP contribution is -2.35. The van der Waals surface area contributed by atoms with Gasteiger partial charge in [-0.15, -0.1) is 0 Å². The molecule has 0 bridgehead atoms. The highest BCUT2D eigenvalue weighted by molar-refractivity contribution is 7.90. The van der Waals surface area contributed by atoms with Crippen LogP contribution < -0.4 is 9.47 Å². The molecule has 2 heterocycles. The van der Waals surface area contributed by atoms with Crippen molar-refractivity contribution in [2.45, 2.75) is 44.2 Å². The second-order valence-corrected chi connectivity index (χ2v) is 13.2. The van der Waals surface area contributed by atoms with Crippen molar-refractivity contribution < 1.29 is 28.1 Å². The van der Waals surface area contributed by atoms with Crippen LogP contribution in [0.5, 0.6) is 23.0 Å². The molecule has 40 heavy (non-hydrogen) atoms. The van der Waals surface area contributed by atoms with Gasteiger partial charge in [-0.25, -0.2) is 8.42 Å². The van der Waals surface area contributed by atoms with Crippen LogP contribution in [0.15, 0.2) is 59.5 Å². The summed E-state index contributed by atoms with van der Waals surface area (Å²) in [7, 11) is -3.81. The van der Waals surface area contributed by atoms with E-state index in [0.29, 0.717) is 46.0 Å². The minimum Gasteiger partial charge on any atom is -0.508 e. The number of fused-ring (bicyclic) bond motifs is 1. The molecule has 7 nitrogen and oxygen atoms in total. The Kier molecular flexibility index (Phi) is 7.79. The normalized spacial score (nSPS) is 20.2. The molecule has 2 aliphatic rings. The van der Waals surface area contributed by atoms with E-state index in [2.05, 4.69) is 18.7 Å². The van der Waals surface area contributed by atoms with Crippen LogP contribution in [-0.2, 0) is 9.84 Å². The molecule has 1 fully saturated rings. The third kappa shape index (κ3) is 5.53. The summed E-state index contributed by atoms with van der Waals surface area (Å²) in [4.78, 5) is 2.24. The van der Waals surface area contributed by atoms with E-state index in [1.165, 1.54) is 24.6 Å². The highest BCUT2D eigenvalue weighted by Crippen LogP contribution is 2.51. The zero-order valence-electron chi connectivity index (χ0n) is 23.0. The molecule has 3 aromatic rings. The van der Waals surface area contributed by atoms with Gasteiger partial charge in [-0.3, -0.25) is 4.90 Å². The molecule has 1 saturated heterocycles. The largest absolute Gasteiger partial charge is 0.508 e. The van der Waals surface area contributed by atoms with Crippen LogP contribution >= 0.6 is 11.6 Å². The van der Waals surface area contributed by atoms with Gasteiger partial charge in [0.2, 0.25) is 0 Å². The minimum atomic E-state index is -3.81. The zero-order chi connectivity index (χ0) is 28.8. The van der Waals surface area contributed by atoms with Gasteiger partial charge in [0, 0.05) is 40.6 Å². The third-order valence-corrected chi connectivity index (χ3v) is 9.23. The highest BCUT2D eigenvalue weighted by atomic mass is 35.5. The molecular formula is C31H34ClNO6S. The first-order valence-electron chi connectivity index (χ1n) is 13.3. The Balaban J connectivity index is 1.53. The molecule has 3 unspecified atom stereocenters. The second-order valence-electron chi connectivity index (χ2n) is 10.9. The highest BCUT2D eigenvalue weighted by Gasteiger charge is 2.35. The van der Waals surface area contributed by atoms with Gasteiger partial charge >= 0.3 is 0 Å². The average molecular weight is 584 g/mol. The number of likely N-dealkylation sites (tertiary alicyclic amines) is 1. The SMILES string of the molecule is CC1=C(c2cc(O)ccc2Cl)C(c2ccc(OCC(C)N3CCC(C)C3)cc2)Oc2ccc(O)c(S(C)(=O)=O)c21. The van der Waals surface area contributed by atoms with Crippen LogP contribution in [0.1, 0.15) is 50.0 Å². The molecule has 9 heteroatoms. The lowest BCUT2D eigenvalue weighted by molar-refractivity contribution is 0.169. The summed E-state index contributed by atoms with van der Waals surface area (Å²) in [5, 5.41) is 21.2. The van der Waals surface area contributed by atoms with Crippen molar-refractivity contribution in [1.29, 1.82) is 0 Å². The maximum Gasteiger partial charge on any atom is 0.179 e. The van der Waals surface area contributed by atoms with Gasteiger partial charge in [-0.1, -0.05) is 30.7 Å². The smallest absolute Gasteiger partial charge is 0.179 e. The number of allylic oxidation sites excluding steroid dienone is 1. The molecule has 5 rings (SSSR count). The van der Waals surface area contributed by atoms with Crippen molar-refractivity contribution in [1.82, 2.24) is 4.90 Å². The molecule has 0 spiro atoms. The lowest BCUT2D eigenvalue weighted by Gasteiger charge is -2.32. The molecule has 2 aliphatic heterocycles. The maximum absolute atomic E-state index is 12.7. The molecule has 0 saturated carbocycles. The first-order valence-corrected chi connectivity index (χ1v) is 15.6. The first-order chi connectivity index (χ1) is 18.9. The number of sulfone groups is 1. The summed E-state index contributed by atoms with van der Waals surface area (Å²) in [5.74, 6) is 1.43. The molecule has 3 atom stereocenters. The zero-order valence-corrected chi connectivity index (χ0v) is 24.6. The van der Waals surface area contributed by atoms with Gasteiger partial charge in [-0.05, 0) is 86.3 Å². The summed E-state index contributed by atoms with van der Waals surface area (Å²) in [5.41, 5.74) is 2.74. The molecular weight excluding hydrogens is 550 g/mol. The second kappa shape index (κ2) is 11.0. The van der Waals surface area contributed by atoms with E-state index >= 15 is 0 Å². The maximum atomic E-state index is 12.7. The van der Waals surface area contributed by atoms with Crippen LogP contribution in [-0.4, -0.2) is 55.5 Å². The van der Waals surface area contributed by atoms with Gasteiger partial charge in [0.05, 0.1) is 0 Å². The summed E-state index contributed by atoms with van der Waals surface area (Å²) in [6, 6.07) is 15.4. The first kappa shape index (κ1) is 28.3. The van der Waals surface area contributed by atoms with Crippen LogP contribution in [0.3, 0.4) is 0 Å². The Morgan fingerprint density at radius 2 is 1.85 bits per heavy atom. The standard InChI is InChI=1S/C31H34ClNO6S/c1-18-13-14-33(16-18)19(2)17-38-23-8-5-21(6-9-23)30-28(24-15-22(34)7-10-25(24)32)20(3)29-27(39-30)12-11-26(35)31(29)40(4,36)37/h5-12,15,18-19,30,34-35H,13-14,16-17H2,1-4H3. The molecule has 212 valence electrons. The number of hydrogen-bond donors (Lipinski definition) is 2. The van der Waals surface area contributed by atoms with Crippen molar-refractivity contribution in [2.75, 3.05) is 26.0 Å². The van der Waals surface area contributed by atoms with Gasteiger partial charge in [-0.2, -0.15) is 0 Å². The Morgan fingerprint density at radius 1 is 1.12 bits per heavy atom. The fraction of sp³-hybridized carbons (Fsp3) is 0.355. The predicted molar refractivity (Wildman–Crippen MR) is 157 cm³/mol. The fourth-order valence-corrected chi connectivity index (χ4v) is 6.92. The van der Waals surface area contributed by atoms with Crippen molar-refractivity contribution in [3.8, 4) is 23.0 Å². The Labute approximate surface area is 240 Å². The molecule has 0 aromatic heterocycles. The molecule has 0 radical (unpaired) electrons. The number of nitrogens with zero attached hydrogens (tertiary/aromatic N) is 1. The number of phenols is 2.